The Morgan fingerprint density at radius 2 is 1.78 bits per heavy atom. The van der Waals surface area contributed by atoms with Gasteiger partial charge < -0.3 is 10.2 Å². The maximum atomic E-state index is 9.10. The predicted octanol–water partition coefficient (Wildman–Crippen LogP) is 0.528. The fraction of sp³-hybridized carbons (Fsp3) is 1.00. The highest BCUT2D eigenvalue weighted by molar-refractivity contribution is 4.76. The van der Waals surface area contributed by atoms with E-state index in [1.807, 2.05) is 0 Å². The smallest absolute Gasteiger partial charge is 0.0801 e. The number of aliphatic hydroxyl groups excluding tert-OH is 2. The monoisotopic (exact) mass is 130 g/mol. The first kappa shape index (κ1) is 7.03. The van der Waals surface area contributed by atoms with E-state index in [1.54, 1.807) is 0 Å². The molecule has 0 aromatic heterocycles. The van der Waals surface area contributed by atoms with Crippen molar-refractivity contribution in [3.63, 3.8) is 0 Å². The summed E-state index contributed by atoms with van der Waals surface area (Å²) >= 11 is 0. The summed E-state index contributed by atoms with van der Waals surface area (Å²) in [5, 5.41) is 18.1. The largest absolute Gasteiger partial charge is 0.390 e. The van der Waals surface area contributed by atoms with Crippen LogP contribution >= 0.6 is 0 Å². The van der Waals surface area contributed by atoms with Crippen LogP contribution < -0.4 is 0 Å². The van der Waals surface area contributed by atoms with E-state index in [0.29, 0.717) is 5.92 Å². The van der Waals surface area contributed by atoms with Crippen molar-refractivity contribution in [3.8, 4) is 0 Å². The first-order chi connectivity index (χ1) is 4.20. The Kier molecular flexibility index (Phi) is 2.09. The number of aliphatic hydroxyl groups is 2. The van der Waals surface area contributed by atoms with Gasteiger partial charge in [0.15, 0.2) is 0 Å². The average molecular weight is 130 g/mol. The van der Waals surface area contributed by atoms with Gasteiger partial charge in [-0.25, -0.2) is 0 Å². The molecule has 54 valence electrons. The highest BCUT2D eigenvalue weighted by Crippen LogP contribution is 2.23. The van der Waals surface area contributed by atoms with Gasteiger partial charge in [0.05, 0.1) is 12.2 Å². The summed E-state index contributed by atoms with van der Waals surface area (Å²) in [6, 6.07) is 0. The summed E-state index contributed by atoms with van der Waals surface area (Å²) in [5.41, 5.74) is 0. The van der Waals surface area contributed by atoms with Crippen molar-refractivity contribution in [1.82, 2.24) is 0 Å². The van der Waals surface area contributed by atoms with Crippen LogP contribution in [0.1, 0.15) is 26.2 Å². The van der Waals surface area contributed by atoms with Crippen LogP contribution in [0.2, 0.25) is 0 Å². The van der Waals surface area contributed by atoms with Gasteiger partial charge in [0, 0.05) is 0 Å². The average Bonchev–Trinajstić information content (AvgIpc) is 1.80. The minimum absolute atomic E-state index is 0.457. The summed E-state index contributed by atoms with van der Waals surface area (Å²) < 4.78 is 0. The molecule has 1 fully saturated rings. The molecule has 2 nitrogen and oxygen atoms in total. The van der Waals surface area contributed by atoms with Crippen LogP contribution in [0.15, 0.2) is 0 Å². The lowest BCUT2D eigenvalue weighted by molar-refractivity contribution is -0.0226. The van der Waals surface area contributed by atoms with Gasteiger partial charge >= 0.3 is 0 Å². The third-order valence-corrected chi connectivity index (χ3v) is 2.04. The van der Waals surface area contributed by atoms with E-state index < -0.39 is 12.2 Å². The molecule has 1 rings (SSSR count). The van der Waals surface area contributed by atoms with Crippen LogP contribution in [-0.2, 0) is 0 Å². The van der Waals surface area contributed by atoms with E-state index in [-0.39, 0.29) is 0 Å². The van der Waals surface area contributed by atoms with Gasteiger partial charge in [0.1, 0.15) is 0 Å². The maximum Gasteiger partial charge on any atom is 0.0801 e. The van der Waals surface area contributed by atoms with Gasteiger partial charge in [0.2, 0.25) is 0 Å². The number of rotatable bonds is 0. The molecule has 1 aliphatic rings. The summed E-state index contributed by atoms with van der Waals surface area (Å²) in [7, 11) is 0. The summed E-state index contributed by atoms with van der Waals surface area (Å²) in [5.74, 6) is 0.586. The highest BCUT2D eigenvalue weighted by atomic mass is 16.3. The quantitative estimate of drug-likeness (QED) is 0.502. The zero-order valence-electron chi connectivity index (χ0n) is 5.75. The maximum absolute atomic E-state index is 9.10. The summed E-state index contributed by atoms with van der Waals surface area (Å²) in [6.07, 6.45) is 1.66. The van der Waals surface area contributed by atoms with Crippen molar-refractivity contribution in [2.24, 2.45) is 5.92 Å². The van der Waals surface area contributed by atoms with Gasteiger partial charge in [-0.1, -0.05) is 6.92 Å². The van der Waals surface area contributed by atoms with E-state index in [2.05, 4.69) is 6.92 Å². The second-order valence-corrected chi connectivity index (χ2v) is 3.05. The molecule has 2 unspecified atom stereocenters. The van der Waals surface area contributed by atoms with Crippen LogP contribution in [0.5, 0.6) is 0 Å². The molecular formula is C7H14O2. The van der Waals surface area contributed by atoms with Crippen molar-refractivity contribution in [2.45, 2.75) is 38.4 Å². The molecule has 0 aliphatic heterocycles. The van der Waals surface area contributed by atoms with Crippen LogP contribution in [0, 0.1) is 5.92 Å². The fourth-order valence-electron chi connectivity index (χ4n) is 1.33. The van der Waals surface area contributed by atoms with Crippen LogP contribution in [0.25, 0.3) is 0 Å². The molecule has 0 spiro atoms. The second-order valence-electron chi connectivity index (χ2n) is 3.05. The Morgan fingerprint density at radius 1 is 1.11 bits per heavy atom. The SMILES string of the molecule is CC1CC[C@H](O)C(O)C1. The van der Waals surface area contributed by atoms with Crippen molar-refractivity contribution >= 4 is 0 Å². The minimum atomic E-state index is -0.464. The lowest BCUT2D eigenvalue weighted by Gasteiger charge is -2.27. The van der Waals surface area contributed by atoms with Gasteiger partial charge in [-0.3, -0.25) is 0 Å². The zero-order valence-corrected chi connectivity index (χ0v) is 5.75. The molecule has 0 radical (unpaired) electrons. The third kappa shape index (κ3) is 1.66. The molecule has 9 heavy (non-hydrogen) atoms. The van der Waals surface area contributed by atoms with Crippen LogP contribution in [0.3, 0.4) is 0 Å². The van der Waals surface area contributed by atoms with Crippen molar-refractivity contribution < 1.29 is 10.2 Å². The Bertz CT molecular complexity index is 92.9. The summed E-state index contributed by atoms with van der Waals surface area (Å²) in [6.45, 7) is 2.11. The molecule has 2 heteroatoms. The molecule has 2 N–H and O–H groups in total. The number of hydrogen-bond acceptors (Lipinski definition) is 2. The van der Waals surface area contributed by atoms with E-state index in [1.165, 1.54) is 0 Å². The Balaban J connectivity index is 2.35. The molecular weight excluding hydrogens is 116 g/mol. The van der Waals surface area contributed by atoms with Crippen molar-refractivity contribution in [1.29, 1.82) is 0 Å². The first-order valence-corrected chi connectivity index (χ1v) is 3.56. The third-order valence-electron chi connectivity index (χ3n) is 2.04. The minimum Gasteiger partial charge on any atom is -0.390 e. The molecule has 3 atom stereocenters. The molecule has 0 bridgehead atoms. The molecule has 0 saturated heterocycles. The molecule has 0 aromatic rings. The normalized spacial score (nSPS) is 45.0. The fourth-order valence-corrected chi connectivity index (χ4v) is 1.33. The van der Waals surface area contributed by atoms with E-state index in [0.717, 1.165) is 19.3 Å². The predicted molar refractivity (Wildman–Crippen MR) is 35.0 cm³/mol. The second kappa shape index (κ2) is 2.67. The molecule has 1 saturated carbocycles. The molecule has 0 heterocycles. The highest BCUT2D eigenvalue weighted by Gasteiger charge is 2.24. The van der Waals surface area contributed by atoms with Crippen molar-refractivity contribution in [2.75, 3.05) is 0 Å². The van der Waals surface area contributed by atoms with Crippen LogP contribution in [-0.4, -0.2) is 22.4 Å². The lowest BCUT2D eigenvalue weighted by atomic mass is 9.87. The van der Waals surface area contributed by atoms with Gasteiger partial charge in [-0.15, -0.1) is 0 Å². The zero-order chi connectivity index (χ0) is 6.85. The first-order valence-electron chi connectivity index (χ1n) is 3.56. The summed E-state index contributed by atoms with van der Waals surface area (Å²) in [4.78, 5) is 0. The van der Waals surface area contributed by atoms with E-state index in [4.69, 9.17) is 10.2 Å². The topological polar surface area (TPSA) is 40.5 Å². The Hall–Kier alpha value is -0.0800. The standard InChI is InChI=1S/C7H14O2/c1-5-2-3-6(8)7(9)4-5/h5-9H,2-4H2,1H3/t5?,6-,7?/m0/s1. The molecule has 1 aliphatic carbocycles. The van der Waals surface area contributed by atoms with Gasteiger partial charge in [-0.2, -0.15) is 0 Å². The number of hydrogen-bond donors (Lipinski definition) is 2. The van der Waals surface area contributed by atoms with Gasteiger partial charge in [-0.05, 0) is 25.2 Å². The van der Waals surface area contributed by atoms with Crippen molar-refractivity contribution in [3.05, 3.63) is 0 Å². The Labute approximate surface area is 55.5 Å². The van der Waals surface area contributed by atoms with Crippen LogP contribution in [0.4, 0.5) is 0 Å². The van der Waals surface area contributed by atoms with Gasteiger partial charge in [0.25, 0.3) is 0 Å². The van der Waals surface area contributed by atoms with E-state index in [9.17, 15) is 0 Å². The Morgan fingerprint density at radius 3 is 2.22 bits per heavy atom. The molecule has 0 aromatic carbocycles. The molecule has 0 amide bonds. The lowest BCUT2D eigenvalue weighted by Crippen LogP contribution is -2.32. The van der Waals surface area contributed by atoms with E-state index >= 15 is 0 Å².